The predicted molar refractivity (Wildman–Crippen MR) is 106 cm³/mol. The van der Waals surface area contributed by atoms with E-state index in [2.05, 4.69) is 20.2 Å². The molecule has 0 saturated carbocycles. The minimum Gasteiger partial charge on any atom is -0.349 e. The first-order valence-corrected chi connectivity index (χ1v) is 10.4. The maximum Gasteiger partial charge on any atom is 0.271 e. The molecule has 0 aliphatic carbocycles. The Labute approximate surface area is 167 Å². The number of carbonyl (C=O) groups is 1. The van der Waals surface area contributed by atoms with Crippen molar-refractivity contribution in [2.45, 2.75) is 24.0 Å². The Morgan fingerprint density at radius 2 is 2.00 bits per heavy atom. The van der Waals surface area contributed by atoms with Crippen molar-refractivity contribution in [3.05, 3.63) is 51.8 Å². The molecule has 1 aliphatic rings. The number of rotatable bonds is 6. The highest BCUT2D eigenvalue weighted by Crippen LogP contribution is 2.30. The van der Waals surface area contributed by atoms with Crippen LogP contribution in [0.5, 0.6) is 0 Å². The molecule has 1 atom stereocenters. The van der Waals surface area contributed by atoms with E-state index in [0.717, 1.165) is 31.5 Å². The van der Waals surface area contributed by atoms with Crippen LogP contribution in [-0.4, -0.2) is 46.7 Å². The Bertz CT molecular complexity index is 784. The quantitative estimate of drug-likeness (QED) is 0.574. The summed E-state index contributed by atoms with van der Waals surface area (Å²) in [7, 11) is 0. The average molecular weight is 411 g/mol. The van der Waals surface area contributed by atoms with Crippen molar-refractivity contribution >= 4 is 40.9 Å². The summed E-state index contributed by atoms with van der Waals surface area (Å²) < 4.78 is 0. The number of aromatic nitrogens is 2. The van der Waals surface area contributed by atoms with Gasteiger partial charge in [-0.1, -0.05) is 53.2 Å². The van der Waals surface area contributed by atoms with Gasteiger partial charge in [0.15, 0.2) is 10.9 Å². The third-order valence-corrected chi connectivity index (χ3v) is 5.60. The molecule has 2 heterocycles. The van der Waals surface area contributed by atoms with Gasteiger partial charge < -0.3 is 5.32 Å². The Hall–Kier alpha value is -1.34. The fraction of sp³-hybridized carbons (Fsp3) is 0.389. The van der Waals surface area contributed by atoms with Crippen molar-refractivity contribution < 1.29 is 4.79 Å². The molecule has 0 radical (unpaired) electrons. The van der Waals surface area contributed by atoms with E-state index in [9.17, 15) is 4.79 Å². The first-order chi connectivity index (χ1) is 12.6. The van der Waals surface area contributed by atoms with Crippen molar-refractivity contribution in [3.63, 3.8) is 0 Å². The van der Waals surface area contributed by atoms with Crippen LogP contribution < -0.4 is 5.32 Å². The topological polar surface area (TPSA) is 58.1 Å². The van der Waals surface area contributed by atoms with E-state index >= 15 is 0 Å². The van der Waals surface area contributed by atoms with Gasteiger partial charge in [-0.2, -0.15) is 0 Å². The van der Waals surface area contributed by atoms with Gasteiger partial charge in [-0.15, -0.1) is 0 Å². The Morgan fingerprint density at radius 3 is 2.69 bits per heavy atom. The molecule has 1 aliphatic heterocycles. The van der Waals surface area contributed by atoms with E-state index in [4.69, 9.17) is 23.2 Å². The number of hydrogen-bond acceptors (Lipinski definition) is 5. The number of likely N-dealkylation sites (tertiary alicyclic amines) is 1. The summed E-state index contributed by atoms with van der Waals surface area (Å²) in [4.78, 5) is 23.3. The third-order valence-electron chi connectivity index (χ3n) is 4.42. The number of nitrogens with zero attached hydrogens (tertiary/aromatic N) is 3. The van der Waals surface area contributed by atoms with Gasteiger partial charge in [0.2, 0.25) is 0 Å². The number of benzene rings is 1. The second-order valence-electron chi connectivity index (χ2n) is 6.04. The van der Waals surface area contributed by atoms with E-state index in [0.29, 0.717) is 16.7 Å². The summed E-state index contributed by atoms with van der Waals surface area (Å²) in [6.07, 6.45) is 5.63. The molecule has 0 spiro atoms. The van der Waals surface area contributed by atoms with Gasteiger partial charge in [0.25, 0.3) is 5.91 Å². The predicted octanol–water partition coefficient (Wildman–Crippen LogP) is 4.07. The highest BCUT2D eigenvalue weighted by atomic mass is 35.5. The van der Waals surface area contributed by atoms with Gasteiger partial charge in [0.1, 0.15) is 0 Å². The van der Waals surface area contributed by atoms with E-state index < -0.39 is 0 Å². The van der Waals surface area contributed by atoms with Gasteiger partial charge in [0, 0.05) is 11.6 Å². The van der Waals surface area contributed by atoms with E-state index in [1.165, 1.54) is 18.0 Å². The first kappa shape index (κ1) is 19.4. The molecule has 0 bridgehead atoms. The lowest BCUT2D eigenvalue weighted by atomic mass is 10.1. The van der Waals surface area contributed by atoms with Crippen LogP contribution in [0.4, 0.5) is 0 Å². The summed E-state index contributed by atoms with van der Waals surface area (Å²) in [5.41, 5.74) is 1.22. The molecule has 1 amide bonds. The molecule has 8 heteroatoms. The van der Waals surface area contributed by atoms with Crippen LogP contribution in [-0.2, 0) is 0 Å². The molecule has 5 nitrogen and oxygen atoms in total. The summed E-state index contributed by atoms with van der Waals surface area (Å²) >= 11 is 13.9. The van der Waals surface area contributed by atoms with Gasteiger partial charge in [-0.3, -0.25) is 9.69 Å². The molecule has 1 fully saturated rings. The van der Waals surface area contributed by atoms with Crippen LogP contribution in [0, 0.1) is 0 Å². The van der Waals surface area contributed by atoms with Crippen LogP contribution in [0.25, 0.3) is 0 Å². The van der Waals surface area contributed by atoms with Crippen LogP contribution in [0.3, 0.4) is 0 Å². The van der Waals surface area contributed by atoms with Crippen molar-refractivity contribution in [2.24, 2.45) is 0 Å². The second kappa shape index (κ2) is 9.04. The number of hydrogen-bond donors (Lipinski definition) is 1. The normalized spacial score (nSPS) is 15.8. The van der Waals surface area contributed by atoms with Crippen molar-refractivity contribution in [1.82, 2.24) is 20.2 Å². The maximum atomic E-state index is 12.6. The molecule has 3 rings (SSSR count). The van der Waals surface area contributed by atoms with Gasteiger partial charge in [0.05, 0.1) is 17.3 Å². The average Bonchev–Trinajstić information content (AvgIpc) is 3.18. The maximum absolute atomic E-state index is 12.6. The zero-order valence-electron chi connectivity index (χ0n) is 14.4. The van der Waals surface area contributed by atoms with Crippen LogP contribution >= 0.6 is 35.0 Å². The lowest BCUT2D eigenvalue weighted by Crippen LogP contribution is -2.37. The highest BCUT2D eigenvalue weighted by molar-refractivity contribution is 7.98. The SMILES string of the molecule is CSc1ncc(Cl)c(C(=O)NCC(c2ccccc2Cl)N2CCCC2)n1. The van der Waals surface area contributed by atoms with Gasteiger partial charge in [-0.25, -0.2) is 9.97 Å². The molecular weight excluding hydrogens is 391 g/mol. The molecule has 1 aromatic carbocycles. The van der Waals surface area contributed by atoms with E-state index in [1.807, 2.05) is 30.5 Å². The Balaban J connectivity index is 1.78. The summed E-state index contributed by atoms with van der Waals surface area (Å²) in [5, 5.41) is 4.44. The Kier molecular flexibility index (Phi) is 6.75. The first-order valence-electron chi connectivity index (χ1n) is 8.43. The van der Waals surface area contributed by atoms with Gasteiger partial charge in [-0.05, 0) is 43.8 Å². The van der Waals surface area contributed by atoms with Gasteiger partial charge >= 0.3 is 0 Å². The second-order valence-corrected chi connectivity index (χ2v) is 7.63. The number of carbonyl (C=O) groups excluding carboxylic acids is 1. The molecule has 138 valence electrons. The van der Waals surface area contributed by atoms with E-state index in [1.54, 1.807) is 0 Å². The fourth-order valence-electron chi connectivity index (χ4n) is 3.12. The Morgan fingerprint density at radius 1 is 1.27 bits per heavy atom. The summed E-state index contributed by atoms with van der Waals surface area (Å²) in [6, 6.07) is 7.80. The molecule has 1 aromatic heterocycles. The van der Waals surface area contributed by atoms with Crippen molar-refractivity contribution in [2.75, 3.05) is 25.9 Å². The zero-order chi connectivity index (χ0) is 18.5. The van der Waals surface area contributed by atoms with Crippen LogP contribution in [0.1, 0.15) is 34.9 Å². The van der Waals surface area contributed by atoms with Crippen molar-refractivity contribution in [3.8, 4) is 0 Å². The highest BCUT2D eigenvalue weighted by Gasteiger charge is 2.26. The molecule has 1 N–H and O–H groups in total. The molecule has 1 saturated heterocycles. The smallest absolute Gasteiger partial charge is 0.271 e. The molecule has 2 aromatic rings. The monoisotopic (exact) mass is 410 g/mol. The number of nitrogens with one attached hydrogen (secondary N) is 1. The minimum atomic E-state index is -0.302. The lowest BCUT2D eigenvalue weighted by Gasteiger charge is -2.29. The third kappa shape index (κ3) is 4.49. The van der Waals surface area contributed by atoms with Crippen LogP contribution in [0.15, 0.2) is 35.6 Å². The van der Waals surface area contributed by atoms with Crippen molar-refractivity contribution in [1.29, 1.82) is 0 Å². The summed E-state index contributed by atoms with van der Waals surface area (Å²) in [6.45, 7) is 2.44. The van der Waals surface area contributed by atoms with E-state index in [-0.39, 0.29) is 22.7 Å². The fourth-order valence-corrected chi connectivity index (χ4v) is 3.90. The van der Waals surface area contributed by atoms with Crippen LogP contribution in [0.2, 0.25) is 10.0 Å². The molecular formula is C18H20Cl2N4OS. The number of halogens is 2. The molecule has 1 unspecified atom stereocenters. The summed E-state index contributed by atoms with van der Waals surface area (Å²) in [5.74, 6) is -0.302. The minimum absolute atomic E-state index is 0.0239. The zero-order valence-corrected chi connectivity index (χ0v) is 16.7. The lowest BCUT2D eigenvalue weighted by molar-refractivity contribution is 0.0932. The largest absolute Gasteiger partial charge is 0.349 e. The number of amides is 1. The standard InChI is InChI=1S/C18H20Cl2N4OS/c1-26-18-22-10-14(20)16(23-18)17(25)21-11-15(24-8-4-5-9-24)12-6-2-3-7-13(12)19/h2-3,6-7,10,15H,4-5,8-9,11H2,1H3,(H,21,25). The molecule has 26 heavy (non-hydrogen) atoms. The number of thioether (sulfide) groups is 1.